The molecule has 1 unspecified atom stereocenters. The molecule has 6 nitrogen and oxygen atoms in total. The number of hydrogen-bond acceptors (Lipinski definition) is 5. The molecule has 0 saturated carbocycles. The minimum absolute atomic E-state index is 0.203. The van der Waals surface area contributed by atoms with Gasteiger partial charge in [0.1, 0.15) is 6.04 Å². The average molecular weight is 331 g/mol. The van der Waals surface area contributed by atoms with Crippen molar-refractivity contribution in [1.82, 2.24) is 5.32 Å². The molecule has 0 radical (unpaired) electrons. The number of piperidine rings is 2. The van der Waals surface area contributed by atoms with Crippen LogP contribution < -0.4 is 15.5 Å². The molecule has 3 rings (SSSR count). The van der Waals surface area contributed by atoms with E-state index in [9.17, 15) is 14.7 Å². The summed E-state index contributed by atoms with van der Waals surface area (Å²) in [4.78, 5) is 25.2. The zero-order valence-electron chi connectivity index (χ0n) is 14.0. The average Bonchev–Trinajstić information content (AvgIpc) is 2.59. The third kappa shape index (κ3) is 3.70. The Hall–Kier alpha value is -2.08. The number of nitrogens with zero attached hydrogens (tertiary/aromatic N) is 1. The number of carbonyl (C=O) groups is 2. The summed E-state index contributed by atoms with van der Waals surface area (Å²) in [5, 5.41) is 15.9. The first-order chi connectivity index (χ1) is 11.5. The first kappa shape index (κ1) is 16.8. The summed E-state index contributed by atoms with van der Waals surface area (Å²) >= 11 is 0. The highest BCUT2D eigenvalue weighted by molar-refractivity contribution is 6.01. The van der Waals surface area contributed by atoms with Gasteiger partial charge in [-0.1, -0.05) is 6.92 Å². The van der Waals surface area contributed by atoms with Gasteiger partial charge in [-0.25, -0.2) is 0 Å². The molecule has 0 bridgehead atoms. The first-order valence-corrected chi connectivity index (χ1v) is 8.67. The number of benzene rings is 1. The Balaban J connectivity index is 1.58. The van der Waals surface area contributed by atoms with E-state index in [1.165, 1.54) is 0 Å². The van der Waals surface area contributed by atoms with Crippen molar-refractivity contribution >= 4 is 23.2 Å². The second-order valence-electron chi connectivity index (χ2n) is 6.76. The second-order valence-corrected chi connectivity index (χ2v) is 6.76. The number of hydrogen-bond donors (Lipinski definition) is 3. The lowest BCUT2D eigenvalue weighted by Gasteiger charge is -2.39. The third-order valence-electron chi connectivity index (χ3n) is 5.16. The van der Waals surface area contributed by atoms with Crippen LogP contribution >= 0.6 is 0 Å². The van der Waals surface area contributed by atoms with Crippen molar-refractivity contribution in [1.29, 1.82) is 0 Å². The Bertz CT molecular complexity index is 606. The minimum Gasteiger partial charge on any atom is -0.390 e. The molecule has 1 atom stereocenters. The number of aliphatic hydroxyl groups is 1. The van der Waals surface area contributed by atoms with Gasteiger partial charge in [-0.05, 0) is 49.9 Å². The standard InChI is InChI=1S/C18H25N3O3/c1-2-18(24)9-11-21(12-10-18)14-5-3-13(4-6-14)19-15-7-8-16(22)20-17(15)23/h3-6,15,19,24H,2,7-12H2,1H3,(H,20,22,23). The summed E-state index contributed by atoms with van der Waals surface area (Å²) in [7, 11) is 0. The summed E-state index contributed by atoms with van der Waals surface area (Å²) in [6, 6.07) is 7.62. The van der Waals surface area contributed by atoms with E-state index in [2.05, 4.69) is 15.5 Å². The maximum absolute atomic E-state index is 11.8. The molecule has 3 N–H and O–H groups in total. The number of imide groups is 1. The van der Waals surface area contributed by atoms with Crippen molar-refractivity contribution < 1.29 is 14.7 Å². The molecular weight excluding hydrogens is 306 g/mol. The van der Waals surface area contributed by atoms with Crippen LogP contribution in [0.15, 0.2) is 24.3 Å². The van der Waals surface area contributed by atoms with Crippen LogP contribution in [0.2, 0.25) is 0 Å². The molecule has 6 heteroatoms. The van der Waals surface area contributed by atoms with E-state index in [0.29, 0.717) is 12.8 Å². The quantitative estimate of drug-likeness (QED) is 0.731. The number of rotatable bonds is 4. The zero-order valence-corrected chi connectivity index (χ0v) is 14.0. The normalized spacial score (nSPS) is 23.8. The van der Waals surface area contributed by atoms with Crippen LogP contribution in [0.3, 0.4) is 0 Å². The van der Waals surface area contributed by atoms with Gasteiger partial charge < -0.3 is 15.3 Å². The van der Waals surface area contributed by atoms with Gasteiger partial charge >= 0.3 is 0 Å². The van der Waals surface area contributed by atoms with Crippen molar-refractivity contribution in [2.75, 3.05) is 23.3 Å². The van der Waals surface area contributed by atoms with Crippen LogP contribution in [0.1, 0.15) is 39.0 Å². The van der Waals surface area contributed by atoms with Crippen LogP contribution in [-0.2, 0) is 9.59 Å². The highest BCUT2D eigenvalue weighted by atomic mass is 16.3. The predicted molar refractivity (Wildman–Crippen MR) is 92.9 cm³/mol. The fourth-order valence-corrected chi connectivity index (χ4v) is 3.34. The van der Waals surface area contributed by atoms with E-state index in [1.807, 2.05) is 31.2 Å². The molecule has 2 heterocycles. The SMILES string of the molecule is CCC1(O)CCN(c2ccc(NC3CCC(=O)NC3=O)cc2)CC1. The van der Waals surface area contributed by atoms with E-state index in [-0.39, 0.29) is 17.9 Å². The Kier molecular flexibility index (Phi) is 4.76. The predicted octanol–water partition coefficient (Wildman–Crippen LogP) is 1.64. The number of carbonyl (C=O) groups excluding carboxylic acids is 2. The van der Waals surface area contributed by atoms with Crippen LogP contribution in [0.4, 0.5) is 11.4 Å². The van der Waals surface area contributed by atoms with Crippen molar-refractivity contribution in [3.63, 3.8) is 0 Å². The fraction of sp³-hybridized carbons (Fsp3) is 0.556. The molecule has 0 spiro atoms. The summed E-state index contributed by atoms with van der Waals surface area (Å²) in [5.41, 5.74) is 1.49. The van der Waals surface area contributed by atoms with Crippen LogP contribution in [-0.4, -0.2) is 41.7 Å². The lowest BCUT2D eigenvalue weighted by atomic mass is 9.89. The van der Waals surface area contributed by atoms with Gasteiger partial charge in [0.15, 0.2) is 0 Å². The number of amides is 2. The molecule has 24 heavy (non-hydrogen) atoms. The summed E-state index contributed by atoms with van der Waals surface area (Å²) in [6.07, 6.45) is 3.28. The summed E-state index contributed by atoms with van der Waals surface area (Å²) in [5.74, 6) is -0.462. The Morgan fingerprint density at radius 2 is 1.92 bits per heavy atom. The second kappa shape index (κ2) is 6.81. The molecule has 0 aromatic heterocycles. The molecule has 2 fully saturated rings. The van der Waals surface area contributed by atoms with E-state index >= 15 is 0 Å². The van der Waals surface area contributed by atoms with Gasteiger partial charge in [0, 0.05) is 30.9 Å². The molecule has 130 valence electrons. The van der Waals surface area contributed by atoms with Gasteiger partial charge in [-0.2, -0.15) is 0 Å². The van der Waals surface area contributed by atoms with Crippen molar-refractivity contribution in [2.45, 2.75) is 50.7 Å². The Labute approximate surface area is 142 Å². The number of nitrogens with one attached hydrogen (secondary N) is 2. The highest BCUT2D eigenvalue weighted by Gasteiger charge is 2.30. The van der Waals surface area contributed by atoms with Crippen molar-refractivity contribution in [2.24, 2.45) is 0 Å². The molecule has 2 aliphatic rings. The van der Waals surface area contributed by atoms with Gasteiger partial charge in [-0.3, -0.25) is 14.9 Å². The van der Waals surface area contributed by atoms with Crippen molar-refractivity contribution in [3.8, 4) is 0 Å². The summed E-state index contributed by atoms with van der Waals surface area (Å²) in [6.45, 7) is 3.74. The molecule has 1 aromatic carbocycles. The monoisotopic (exact) mass is 331 g/mol. The molecular formula is C18H25N3O3. The third-order valence-corrected chi connectivity index (χ3v) is 5.16. The van der Waals surface area contributed by atoms with E-state index in [0.717, 1.165) is 43.7 Å². The molecule has 2 aliphatic heterocycles. The smallest absolute Gasteiger partial charge is 0.249 e. The lowest BCUT2D eigenvalue weighted by molar-refractivity contribution is -0.133. The molecule has 2 amide bonds. The topological polar surface area (TPSA) is 81.7 Å². The fourth-order valence-electron chi connectivity index (χ4n) is 3.34. The van der Waals surface area contributed by atoms with Crippen LogP contribution in [0.25, 0.3) is 0 Å². The molecule has 0 aliphatic carbocycles. The first-order valence-electron chi connectivity index (χ1n) is 8.67. The highest BCUT2D eigenvalue weighted by Crippen LogP contribution is 2.29. The maximum atomic E-state index is 11.8. The lowest BCUT2D eigenvalue weighted by Crippen LogP contribution is -2.47. The van der Waals surface area contributed by atoms with Crippen molar-refractivity contribution in [3.05, 3.63) is 24.3 Å². The maximum Gasteiger partial charge on any atom is 0.249 e. The minimum atomic E-state index is -0.510. The van der Waals surface area contributed by atoms with E-state index in [4.69, 9.17) is 0 Å². The molecule has 1 aromatic rings. The van der Waals surface area contributed by atoms with E-state index in [1.54, 1.807) is 0 Å². The summed E-state index contributed by atoms with van der Waals surface area (Å²) < 4.78 is 0. The number of anilines is 2. The van der Waals surface area contributed by atoms with Gasteiger partial charge in [0.05, 0.1) is 5.60 Å². The Morgan fingerprint density at radius 3 is 2.50 bits per heavy atom. The van der Waals surface area contributed by atoms with E-state index < -0.39 is 5.60 Å². The Morgan fingerprint density at radius 1 is 1.25 bits per heavy atom. The van der Waals surface area contributed by atoms with Gasteiger partial charge in [0.25, 0.3) is 0 Å². The molecule has 2 saturated heterocycles. The van der Waals surface area contributed by atoms with Crippen LogP contribution in [0.5, 0.6) is 0 Å². The van der Waals surface area contributed by atoms with Gasteiger partial charge in [0.2, 0.25) is 11.8 Å². The van der Waals surface area contributed by atoms with Gasteiger partial charge in [-0.15, -0.1) is 0 Å². The largest absolute Gasteiger partial charge is 0.390 e. The van der Waals surface area contributed by atoms with Crippen LogP contribution in [0, 0.1) is 0 Å². The zero-order chi connectivity index (χ0) is 17.2.